The van der Waals surface area contributed by atoms with Crippen LogP contribution in [0, 0.1) is 5.82 Å². The van der Waals surface area contributed by atoms with Gasteiger partial charge in [0.05, 0.1) is 10.6 Å². The number of amides is 1. The summed E-state index contributed by atoms with van der Waals surface area (Å²) in [6.45, 7) is 0.0725. The molecule has 0 aliphatic heterocycles. The fourth-order valence-corrected chi connectivity index (χ4v) is 5.55. The molecule has 5 nitrogen and oxygen atoms in total. The van der Waals surface area contributed by atoms with Crippen LogP contribution in [0.5, 0.6) is 0 Å². The zero-order valence-corrected chi connectivity index (χ0v) is 16.8. The van der Waals surface area contributed by atoms with E-state index >= 15 is 0 Å². The zero-order chi connectivity index (χ0) is 20.4. The third-order valence-electron chi connectivity index (χ3n) is 5.39. The quantitative estimate of drug-likeness (QED) is 0.667. The molecule has 1 aromatic heterocycles. The molecule has 1 aliphatic rings. The van der Waals surface area contributed by atoms with Crippen molar-refractivity contribution in [2.24, 2.45) is 0 Å². The van der Waals surface area contributed by atoms with E-state index < -0.39 is 15.7 Å². The van der Waals surface area contributed by atoms with Gasteiger partial charge in [-0.3, -0.25) is 4.79 Å². The van der Waals surface area contributed by atoms with Gasteiger partial charge in [-0.15, -0.1) is 0 Å². The molecule has 0 saturated heterocycles. The first-order valence-corrected chi connectivity index (χ1v) is 11.4. The van der Waals surface area contributed by atoms with Gasteiger partial charge in [-0.25, -0.2) is 12.8 Å². The highest BCUT2D eigenvalue weighted by molar-refractivity contribution is 7.90. The van der Waals surface area contributed by atoms with E-state index in [2.05, 4.69) is 5.32 Å². The van der Waals surface area contributed by atoms with Gasteiger partial charge in [0.15, 0.2) is 9.84 Å². The number of sulfone groups is 1. The Hall–Kier alpha value is -2.67. The second-order valence-corrected chi connectivity index (χ2v) is 9.53. The lowest BCUT2D eigenvalue weighted by Crippen LogP contribution is -2.35. The van der Waals surface area contributed by atoms with E-state index in [0.29, 0.717) is 16.5 Å². The van der Waals surface area contributed by atoms with E-state index in [0.717, 1.165) is 25.7 Å². The number of aromatic nitrogens is 1. The van der Waals surface area contributed by atoms with Crippen molar-refractivity contribution in [2.75, 3.05) is 0 Å². The van der Waals surface area contributed by atoms with Crippen molar-refractivity contribution >= 4 is 26.6 Å². The van der Waals surface area contributed by atoms with Crippen LogP contribution >= 0.6 is 0 Å². The zero-order valence-electron chi connectivity index (χ0n) is 16.0. The number of hydrogen-bond donors (Lipinski definition) is 1. The first kappa shape index (κ1) is 19.6. The number of carbonyl (C=O) groups excluding carboxylic acids is 1. The molecule has 1 fully saturated rings. The topological polar surface area (TPSA) is 68.2 Å². The Bertz CT molecular complexity index is 1130. The number of hydrogen-bond acceptors (Lipinski definition) is 3. The molecule has 3 aromatic rings. The first-order chi connectivity index (χ1) is 13.9. The number of benzene rings is 2. The molecular weight excluding hydrogens is 391 g/mol. The Morgan fingerprint density at radius 3 is 2.48 bits per heavy atom. The normalized spacial score (nSPS) is 15.1. The van der Waals surface area contributed by atoms with Crippen LogP contribution in [0.4, 0.5) is 4.39 Å². The minimum absolute atomic E-state index is 0.0725. The molecule has 2 aromatic carbocycles. The van der Waals surface area contributed by atoms with Gasteiger partial charge in [-0.1, -0.05) is 43.2 Å². The predicted octanol–water partition coefficient (Wildman–Crippen LogP) is 3.81. The van der Waals surface area contributed by atoms with Crippen LogP contribution in [0.25, 0.3) is 10.9 Å². The third kappa shape index (κ3) is 4.34. The minimum Gasteiger partial charge on any atom is -0.352 e. The molecule has 1 amide bonds. The molecule has 0 atom stereocenters. The van der Waals surface area contributed by atoms with Gasteiger partial charge < -0.3 is 9.88 Å². The summed E-state index contributed by atoms with van der Waals surface area (Å²) in [5.41, 5.74) is 1.22. The van der Waals surface area contributed by atoms with E-state index in [1.165, 1.54) is 30.5 Å². The molecule has 7 heteroatoms. The number of para-hydroxylation sites is 1. The average Bonchev–Trinajstić information content (AvgIpc) is 3.32. The van der Waals surface area contributed by atoms with Crippen molar-refractivity contribution in [3.63, 3.8) is 0 Å². The Labute approximate surface area is 169 Å². The molecule has 152 valence electrons. The molecule has 0 unspecified atom stereocenters. The lowest BCUT2D eigenvalue weighted by Gasteiger charge is -2.12. The summed E-state index contributed by atoms with van der Waals surface area (Å²) in [5, 5.41) is 3.63. The van der Waals surface area contributed by atoms with Crippen LogP contribution in [0.1, 0.15) is 31.2 Å². The van der Waals surface area contributed by atoms with Gasteiger partial charge in [-0.05, 0) is 36.6 Å². The van der Waals surface area contributed by atoms with Gasteiger partial charge in [0.1, 0.15) is 12.4 Å². The van der Waals surface area contributed by atoms with Crippen molar-refractivity contribution < 1.29 is 17.6 Å². The maximum absolute atomic E-state index is 13.1. The number of fused-ring (bicyclic) bond motifs is 1. The fraction of sp³-hybridized carbons (Fsp3) is 0.318. The van der Waals surface area contributed by atoms with Crippen LogP contribution in [-0.4, -0.2) is 24.9 Å². The number of carbonyl (C=O) groups is 1. The van der Waals surface area contributed by atoms with Crippen LogP contribution in [0.15, 0.2) is 59.6 Å². The van der Waals surface area contributed by atoms with Crippen molar-refractivity contribution in [3.8, 4) is 0 Å². The van der Waals surface area contributed by atoms with Gasteiger partial charge in [0, 0.05) is 23.1 Å². The summed E-state index contributed by atoms with van der Waals surface area (Å²) in [7, 11) is -3.67. The van der Waals surface area contributed by atoms with E-state index in [1.807, 2.05) is 12.1 Å². The Kier molecular flexibility index (Phi) is 5.41. The van der Waals surface area contributed by atoms with Gasteiger partial charge >= 0.3 is 0 Å². The highest BCUT2D eigenvalue weighted by atomic mass is 32.2. The summed E-state index contributed by atoms with van der Waals surface area (Å²) >= 11 is 0. The molecule has 1 heterocycles. The van der Waals surface area contributed by atoms with Crippen molar-refractivity contribution in [3.05, 3.63) is 66.1 Å². The molecule has 4 rings (SSSR count). The van der Waals surface area contributed by atoms with Gasteiger partial charge in [0.2, 0.25) is 5.91 Å². The summed E-state index contributed by atoms with van der Waals surface area (Å²) in [6.07, 6.45) is 5.79. The number of nitrogens with zero attached hydrogens (tertiary/aromatic N) is 1. The highest BCUT2D eigenvalue weighted by Crippen LogP contribution is 2.28. The second kappa shape index (κ2) is 7.99. The average molecular weight is 415 g/mol. The van der Waals surface area contributed by atoms with Crippen molar-refractivity contribution in [2.45, 2.75) is 48.9 Å². The molecular formula is C22H23FN2O3S. The standard InChI is InChI=1S/C22H23FN2O3S/c23-17-11-9-16(10-12-17)15-29(27,28)21-13-25(20-8-4-3-7-19(20)21)14-22(26)24-18-5-1-2-6-18/h3-4,7-13,18H,1-2,5-6,14-15H2,(H,24,26). The molecule has 0 bridgehead atoms. The van der Waals surface area contributed by atoms with E-state index in [9.17, 15) is 17.6 Å². The first-order valence-electron chi connectivity index (χ1n) is 9.77. The summed E-state index contributed by atoms with van der Waals surface area (Å²) < 4.78 is 41.0. The van der Waals surface area contributed by atoms with Gasteiger partial charge in [0.25, 0.3) is 0 Å². The van der Waals surface area contributed by atoms with E-state index in [1.54, 1.807) is 16.7 Å². The van der Waals surface area contributed by atoms with E-state index in [-0.39, 0.29) is 29.1 Å². The minimum atomic E-state index is -3.67. The predicted molar refractivity (Wildman–Crippen MR) is 110 cm³/mol. The smallest absolute Gasteiger partial charge is 0.240 e. The van der Waals surface area contributed by atoms with Crippen LogP contribution in [-0.2, 0) is 26.9 Å². The maximum Gasteiger partial charge on any atom is 0.240 e. The van der Waals surface area contributed by atoms with Crippen molar-refractivity contribution in [1.29, 1.82) is 0 Å². The Morgan fingerprint density at radius 1 is 1.07 bits per heavy atom. The molecule has 1 saturated carbocycles. The number of halogens is 1. The SMILES string of the molecule is O=C(Cn1cc(S(=O)(=O)Cc2ccc(F)cc2)c2ccccc21)NC1CCCC1. The number of rotatable bonds is 6. The van der Waals surface area contributed by atoms with Gasteiger partial charge in [-0.2, -0.15) is 0 Å². The molecule has 1 N–H and O–H groups in total. The van der Waals surface area contributed by atoms with Crippen LogP contribution < -0.4 is 5.32 Å². The van der Waals surface area contributed by atoms with Crippen molar-refractivity contribution in [1.82, 2.24) is 9.88 Å². The largest absolute Gasteiger partial charge is 0.352 e. The molecule has 29 heavy (non-hydrogen) atoms. The number of nitrogens with one attached hydrogen (secondary N) is 1. The lowest BCUT2D eigenvalue weighted by atomic mass is 10.2. The summed E-state index contributed by atoms with van der Waals surface area (Å²) in [4.78, 5) is 12.7. The Morgan fingerprint density at radius 2 is 1.76 bits per heavy atom. The van der Waals surface area contributed by atoms with Crippen LogP contribution in [0.2, 0.25) is 0 Å². The fourth-order valence-electron chi connectivity index (χ4n) is 3.97. The summed E-state index contributed by atoms with van der Waals surface area (Å²) in [6, 6.07) is 12.8. The lowest BCUT2D eigenvalue weighted by molar-refractivity contribution is -0.122. The maximum atomic E-state index is 13.1. The van der Waals surface area contributed by atoms with E-state index in [4.69, 9.17) is 0 Å². The third-order valence-corrected chi connectivity index (χ3v) is 7.10. The van der Waals surface area contributed by atoms with Crippen LogP contribution in [0.3, 0.4) is 0 Å². The Balaban J connectivity index is 1.62. The highest BCUT2D eigenvalue weighted by Gasteiger charge is 2.23. The second-order valence-electron chi connectivity index (χ2n) is 7.57. The molecule has 0 spiro atoms. The monoisotopic (exact) mass is 414 g/mol. The summed E-state index contributed by atoms with van der Waals surface area (Å²) in [5.74, 6) is -0.744. The molecule has 0 radical (unpaired) electrons. The molecule has 1 aliphatic carbocycles.